The fourth-order valence-corrected chi connectivity index (χ4v) is 3.75. The summed E-state index contributed by atoms with van der Waals surface area (Å²) in [5.41, 5.74) is 2.39. The van der Waals surface area contributed by atoms with Crippen LogP contribution in [0.1, 0.15) is 12.5 Å². The number of carbonyl (C=O) groups is 1. The number of carbonyl (C=O) groups excluding carboxylic acids is 1. The first-order valence-electron chi connectivity index (χ1n) is 9.90. The van der Waals surface area contributed by atoms with Crippen LogP contribution in [0.2, 0.25) is 0 Å². The number of nitrogens with zero attached hydrogens (tertiary/aromatic N) is 4. The summed E-state index contributed by atoms with van der Waals surface area (Å²) >= 11 is 0. The summed E-state index contributed by atoms with van der Waals surface area (Å²) in [7, 11) is 0. The van der Waals surface area contributed by atoms with Gasteiger partial charge in [-0.05, 0) is 25.1 Å². The van der Waals surface area contributed by atoms with Crippen molar-refractivity contribution in [3.63, 3.8) is 0 Å². The van der Waals surface area contributed by atoms with Crippen molar-refractivity contribution in [1.82, 2.24) is 19.4 Å². The number of para-hydroxylation sites is 2. The van der Waals surface area contributed by atoms with Crippen molar-refractivity contribution in [3.05, 3.63) is 58.6 Å². The Bertz CT molecular complexity index is 1070. The van der Waals surface area contributed by atoms with Gasteiger partial charge in [-0.2, -0.15) is 0 Å². The number of anilines is 1. The highest BCUT2D eigenvalue weighted by atomic mass is 16.5. The molecule has 3 aromatic rings. The summed E-state index contributed by atoms with van der Waals surface area (Å²) in [5.74, 6) is 0.665. The van der Waals surface area contributed by atoms with E-state index in [-0.39, 0.29) is 18.1 Å². The average molecular weight is 395 g/mol. The van der Waals surface area contributed by atoms with Crippen molar-refractivity contribution in [1.29, 1.82) is 0 Å². The van der Waals surface area contributed by atoms with Gasteiger partial charge in [0.25, 0.3) is 0 Å². The second-order valence-electron chi connectivity index (χ2n) is 6.96. The number of aromatic nitrogens is 3. The lowest BCUT2D eigenvalue weighted by Gasteiger charge is -2.29. The molecule has 0 unspecified atom stereocenters. The smallest absolute Gasteiger partial charge is 0.329 e. The summed E-state index contributed by atoms with van der Waals surface area (Å²) in [6.07, 6.45) is 1.76. The number of hydrogen-bond donors (Lipinski definition) is 1. The van der Waals surface area contributed by atoms with Gasteiger partial charge in [0, 0.05) is 37.9 Å². The summed E-state index contributed by atoms with van der Waals surface area (Å²) in [6.45, 7) is 5.74. The predicted molar refractivity (Wildman–Crippen MR) is 111 cm³/mol. The molecule has 1 aliphatic heterocycles. The van der Waals surface area contributed by atoms with Gasteiger partial charge >= 0.3 is 5.69 Å². The van der Waals surface area contributed by atoms with Gasteiger partial charge in [-0.25, -0.2) is 9.78 Å². The van der Waals surface area contributed by atoms with E-state index < -0.39 is 0 Å². The van der Waals surface area contributed by atoms with Crippen LogP contribution in [0.25, 0.3) is 11.0 Å². The van der Waals surface area contributed by atoms with Gasteiger partial charge in [0.15, 0.2) is 0 Å². The van der Waals surface area contributed by atoms with E-state index in [9.17, 15) is 9.59 Å². The van der Waals surface area contributed by atoms with Crippen molar-refractivity contribution in [2.45, 2.75) is 26.6 Å². The Morgan fingerprint density at radius 3 is 2.55 bits per heavy atom. The number of nitrogens with one attached hydrogen (secondary N) is 1. The standard InChI is InChI=1S/C21H25N5O3/c1-2-25-17-7-3-4-8-18(17)26(21(25)28)15-19(27)23-14-16-6-5-9-22-20(16)24-10-12-29-13-11-24/h3-9H,2,10-15H2,1H3,(H,23,27). The summed E-state index contributed by atoms with van der Waals surface area (Å²) in [5, 5.41) is 2.94. The van der Waals surface area contributed by atoms with E-state index in [0.29, 0.717) is 26.3 Å². The van der Waals surface area contributed by atoms with Crippen LogP contribution in [0, 0.1) is 0 Å². The van der Waals surface area contributed by atoms with Crippen molar-refractivity contribution in [2.24, 2.45) is 0 Å². The zero-order chi connectivity index (χ0) is 20.2. The SMILES string of the molecule is CCn1c(=O)n(CC(=O)NCc2cccnc2N2CCOCC2)c2ccccc21. The lowest BCUT2D eigenvalue weighted by molar-refractivity contribution is -0.121. The van der Waals surface area contributed by atoms with Crippen molar-refractivity contribution < 1.29 is 9.53 Å². The second kappa shape index (κ2) is 8.48. The van der Waals surface area contributed by atoms with Crippen LogP contribution >= 0.6 is 0 Å². The maximum atomic E-state index is 12.7. The number of hydrogen-bond acceptors (Lipinski definition) is 5. The second-order valence-corrected chi connectivity index (χ2v) is 6.96. The van der Waals surface area contributed by atoms with Crippen LogP contribution in [-0.4, -0.2) is 46.3 Å². The summed E-state index contributed by atoms with van der Waals surface area (Å²) < 4.78 is 8.62. The van der Waals surface area contributed by atoms with E-state index in [0.717, 1.165) is 35.5 Å². The Labute approximate surface area is 168 Å². The van der Waals surface area contributed by atoms with E-state index in [1.54, 1.807) is 10.8 Å². The van der Waals surface area contributed by atoms with Gasteiger partial charge in [0.05, 0.1) is 24.2 Å². The number of amides is 1. The number of ether oxygens (including phenoxy) is 1. The van der Waals surface area contributed by atoms with Crippen LogP contribution in [0.5, 0.6) is 0 Å². The number of rotatable bonds is 6. The molecule has 1 amide bonds. The Balaban J connectivity index is 1.49. The Morgan fingerprint density at radius 2 is 1.83 bits per heavy atom. The van der Waals surface area contributed by atoms with Gasteiger partial charge in [-0.15, -0.1) is 0 Å². The average Bonchev–Trinajstić information content (AvgIpc) is 3.04. The minimum absolute atomic E-state index is 0.0144. The van der Waals surface area contributed by atoms with Gasteiger partial charge in [-0.3, -0.25) is 13.9 Å². The molecule has 1 aromatic carbocycles. The molecule has 0 bridgehead atoms. The molecular weight excluding hydrogens is 370 g/mol. The fraction of sp³-hybridized carbons (Fsp3) is 0.381. The lowest BCUT2D eigenvalue weighted by atomic mass is 10.2. The van der Waals surface area contributed by atoms with E-state index in [1.807, 2.05) is 43.3 Å². The van der Waals surface area contributed by atoms with E-state index >= 15 is 0 Å². The molecule has 0 radical (unpaired) electrons. The topological polar surface area (TPSA) is 81.4 Å². The molecule has 1 N–H and O–H groups in total. The third kappa shape index (κ3) is 3.88. The number of morpholine rings is 1. The maximum absolute atomic E-state index is 12.7. The maximum Gasteiger partial charge on any atom is 0.329 e. The molecule has 4 rings (SSSR count). The van der Waals surface area contributed by atoms with E-state index in [4.69, 9.17) is 4.74 Å². The van der Waals surface area contributed by atoms with Crippen molar-refractivity contribution in [2.75, 3.05) is 31.2 Å². The van der Waals surface area contributed by atoms with Crippen LogP contribution in [0.4, 0.5) is 5.82 Å². The van der Waals surface area contributed by atoms with Crippen LogP contribution in [-0.2, 0) is 29.2 Å². The van der Waals surface area contributed by atoms with Crippen LogP contribution in [0.15, 0.2) is 47.4 Å². The molecule has 8 nitrogen and oxygen atoms in total. The number of benzene rings is 1. The highest BCUT2D eigenvalue weighted by molar-refractivity contribution is 5.81. The van der Waals surface area contributed by atoms with Crippen molar-refractivity contribution in [3.8, 4) is 0 Å². The van der Waals surface area contributed by atoms with Gasteiger partial charge in [-0.1, -0.05) is 18.2 Å². The highest BCUT2D eigenvalue weighted by Crippen LogP contribution is 2.18. The molecule has 8 heteroatoms. The molecule has 1 aliphatic rings. The quantitative estimate of drug-likeness (QED) is 0.682. The number of imidazole rings is 1. The zero-order valence-corrected chi connectivity index (χ0v) is 16.5. The first-order valence-corrected chi connectivity index (χ1v) is 9.90. The van der Waals surface area contributed by atoms with E-state index in [1.165, 1.54) is 4.57 Å². The monoisotopic (exact) mass is 395 g/mol. The van der Waals surface area contributed by atoms with Crippen LogP contribution in [0.3, 0.4) is 0 Å². The molecule has 0 atom stereocenters. The third-order valence-corrected chi connectivity index (χ3v) is 5.20. The van der Waals surface area contributed by atoms with Gasteiger partial charge < -0.3 is 15.0 Å². The first kappa shape index (κ1) is 19.2. The van der Waals surface area contributed by atoms with Gasteiger partial charge in [0.1, 0.15) is 12.4 Å². The molecule has 1 saturated heterocycles. The molecule has 2 aromatic heterocycles. The molecule has 152 valence electrons. The zero-order valence-electron chi connectivity index (χ0n) is 16.5. The minimum Gasteiger partial charge on any atom is -0.378 e. The lowest BCUT2D eigenvalue weighted by Crippen LogP contribution is -2.38. The highest BCUT2D eigenvalue weighted by Gasteiger charge is 2.17. The first-order chi connectivity index (χ1) is 14.2. The molecule has 3 heterocycles. The summed E-state index contributed by atoms with van der Waals surface area (Å²) in [6, 6.07) is 11.4. The molecule has 0 aliphatic carbocycles. The van der Waals surface area contributed by atoms with Crippen molar-refractivity contribution >= 4 is 22.8 Å². The molecule has 29 heavy (non-hydrogen) atoms. The molecule has 0 saturated carbocycles. The third-order valence-electron chi connectivity index (χ3n) is 5.20. The Kier molecular flexibility index (Phi) is 5.62. The molecular formula is C21H25N5O3. The van der Waals surface area contributed by atoms with Gasteiger partial charge in [0.2, 0.25) is 5.91 Å². The van der Waals surface area contributed by atoms with Crippen LogP contribution < -0.4 is 15.9 Å². The fourth-order valence-electron chi connectivity index (χ4n) is 3.75. The molecule has 0 spiro atoms. The molecule has 1 fully saturated rings. The number of fused-ring (bicyclic) bond motifs is 1. The number of pyridine rings is 1. The predicted octanol–water partition coefficient (Wildman–Crippen LogP) is 1.37. The number of aryl methyl sites for hydroxylation is 1. The minimum atomic E-state index is -0.206. The normalized spacial score (nSPS) is 14.3. The Hall–Kier alpha value is -3.13. The summed E-state index contributed by atoms with van der Waals surface area (Å²) in [4.78, 5) is 32.0. The Morgan fingerprint density at radius 1 is 1.10 bits per heavy atom. The van der Waals surface area contributed by atoms with E-state index in [2.05, 4.69) is 15.2 Å². The largest absolute Gasteiger partial charge is 0.378 e.